The maximum atomic E-state index is 12.2. The Balaban J connectivity index is 1.59. The van der Waals surface area contributed by atoms with Crippen molar-refractivity contribution in [3.63, 3.8) is 0 Å². The Bertz CT molecular complexity index is 319. The second kappa shape index (κ2) is 3.75. The molecule has 0 aromatic heterocycles. The van der Waals surface area contributed by atoms with Gasteiger partial charge in [0.05, 0.1) is 0 Å². The Kier molecular flexibility index (Phi) is 2.37. The smallest absolute Gasteiger partial charge is 0.225 e. The van der Waals surface area contributed by atoms with Crippen molar-refractivity contribution in [1.29, 1.82) is 0 Å². The molecule has 0 bridgehead atoms. The molecule has 1 N–H and O–H groups in total. The minimum absolute atomic E-state index is 0.0737. The fourth-order valence-corrected chi connectivity index (χ4v) is 3.16. The van der Waals surface area contributed by atoms with Crippen molar-refractivity contribution in [2.45, 2.75) is 25.7 Å². The second-order valence-electron chi connectivity index (χ2n) is 5.35. The van der Waals surface area contributed by atoms with E-state index in [1.54, 1.807) is 0 Å². The molecule has 3 rings (SSSR count). The molecule has 88 valence electrons. The van der Waals surface area contributed by atoms with E-state index >= 15 is 0 Å². The Morgan fingerprint density at radius 3 is 2.69 bits per heavy atom. The van der Waals surface area contributed by atoms with Crippen molar-refractivity contribution in [3.8, 4) is 0 Å². The SMILES string of the molecule is O=C1CCN(C(=O)C2CC3CC3C2)CCN1. The van der Waals surface area contributed by atoms with Crippen LogP contribution in [0.5, 0.6) is 0 Å². The average Bonchev–Trinajstić information content (AvgIpc) is 2.95. The molecule has 0 spiro atoms. The Hall–Kier alpha value is -1.06. The van der Waals surface area contributed by atoms with E-state index in [0.29, 0.717) is 32.0 Å². The summed E-state index contributed by atoms with van der Waals surface area (Å²) >= 11 is 0. The van der Waals surface area contributed by atoms with Crippen LogP contribution in [0.4, 0.5) is 0 Å². The molecule has 16 heavy (non-hydrogen) atoms. The maximum Gasteiger partial charge on any atom is 0.225 e. The molecule has 2 unspecified atom stereocenters. The molecule has 0 radical (unpaired) electrons. The molecule has 3 fully saturated rings. The Labute approximate surface area is 95.4 Å². The van der Waals surface area contributed by atoms with Crippen LogP contribution in [0.15, 0.2) is 0 Å². The highest BCUT2D eigenvalue weighted by atomic mass is 16.2. The van der Waals surface area contributed by atoms with E-state index in [4.69, 9.17) is 0 Å². The van der Waals surface area contributed by atoms with Gasteiger partial charge in [0.15, 0.2) is 0 Å². The first-order valence-corrected chi connectivity index (χ1v) is 6.29. The van der Waals surface area contributed by atoms with Gasteiger partial charge in [-0.3, -0.25) is 9.59 Å². The molecule has 0 aromatic carbocycles. The third-order valence-electron chi connectivity index (χ3n) is 4.22. The fourth-order valence-electron chi connectivity index (χ4n) is 3.16. The van der Waals surface area contributed by atoms with E-state index in [0.717, 1.165) is 24.7 Å². The number of nitrogens with zero attached hydrogens (tertiary/aromatic N) is 1. The molecule has 1 heterocycles. The molecular weight excluding hydrogens is 204 g/mol. The lowest BCUT2D eigenvalue weighted by atomic mass is 10.0. The molecule has 0 aromatic rings. The van der Waals surface area contributed by atoms with Crippen LogP contribution in [0.2, 0.25) is 0 Å². The lowest BCUT2D eigenvalue weighted by Crippen LogP contribution is -2.38. The number of amides is 2. The summed E-state index contributed by atoms with van der Waals surface area (Å²) < 4.78 is 0. The lowest BCUT2D eigenvalue weighted by molar-refractivity contribution is -0.135. The summed E-state index contributed by atoms with van der Waals surface area (Å²) in [6.45, 7) is 1.91. The minimum Gasteiger partial charge on any atom is -0.354 e. The first-order valence-electron chi connectivity index (χ1n) is 6.29. The highest BCUT2D eigenvalue weighted by Gasteiger charge is 2.48. The number of fused-ring (bicyclic) bond motifs is 1. The summed E-state index contributed by atoms with van der Waals surface area (Å²) in [5, 5.41) is 2.80. The maximum absolute atomic E-state index is 12.2. The first kappa shape index (κ1) is 10.1. The summed E-state index contributed by atoms with van der Waals surface area (Å²) in [5.41, 5.74) is 0. The van der Waals surface area contributed by atoms with Gasteiger partial charge in [0.2, 0.25) is 11.8 Å². The van der Waals surface area contributed by atoms with Gasteiger partial charge in [0.25, 0.3) is 0 Å². The van der Waals surface area contributed by atoms with Crippen molar-refractivity contribution < 1.29 is 9.59 Å². The Morgan fingerprint density at radius 1 is 1.19 bits per heavy atom. The number of hydrogen-bond acceptors (Lipinski definition) is 2. The van der Waals surface area contributed by atoms with Gasteiger partial charge >= 0.3 is 0 Å². The summed E-state index contributed by atoms with van der Waals surface area (Å²) in [7, 11) is 0. The molecule has 1 saturated heterocycles. The molecule has 2 aliphatic carbocycles. The van der Waals surface area contributed by atoms with E-state index < -0.39 is 0 Å². The van der Waals surface area contributed by atoms with E-state index in [9.17, 15) is 9.59 Å². The van der Waals surface area contributed by atoms with Crippen molar-refractivity contribution in [2.75, 3.05) is 19.6 Å². The number of hydrogen-bond donors (Lipinski definition) is 1. The fraction of sp³-hybridized carbons (Fsp3) is 0.833. The average molecular weight is 222 g/mol. The van der Waals surface area contributed by atoms with Crippen molar-refractivity contribution in [2.24, 2.45) is 17.8 Å². The van der Waals surface area contributed by atoms with E-state index in [-0.39, 0.29) is 11.8 Å². The molecule has 3 aliphatic rings. The van der Waals surface area contributed by atoms with Crippen LogP contribution >= 0.6 is 0 Å². The summed E-state index contributed by atoms with van der Waals surface area (Å²) in [5.74, 6) is 2.33. The van der Waals surface area contributed by atoms with Crippen LogP contribution in [-0.2, 0) is 9.59 Å². The van der Waals surface area contributed by atoms with Crippen LogP contribution < -0.4 is 5.32 Å². The largest absolute Gasteiger partial charge is 0.354 e. The number of nitrogens with one attached hydrogen (secondary N) is 1. The predicted molar refractivity (Wildman–Crippen MR) is 58.5 cm³/mol. The van der Waals surface area contributed by atoms with Gasteiger partial charge in [0.1, 0.15) is 0 Å². The molecule has 2 saturated carbocycles. The van der Waals surface area contributed by atoms with Gasteiger partial charge < -0.3 is 10.2 Å². The van der Waals surface area contributed by atoms with Gasteiger partial charge in [-0.1, -0.05) is 0 Å². The molecule has 4 heteroatoms. The number of carbonyl (C=O) groups excluding carboxylic acids is 2. The molecule has 2 atom stereocenters. The van der Waals surface area contributed by atoms with Gasteiger partial charge in [-0.2, -0.15) is 0 Å². The van der Waals surface area contributed by atoms with E-state index in [2.05, 4.69) is 5.32 Å². The van der Waals surface area contributed by atoms with Crippen molar-refractivity contribution >= 4 is 11.8 Å². The molecule has 2 amide bonds. The lowest BCUT2D eigenvalue weighted by Gasteiger charge is -2.23. The quantitative estimate of drug-likeness (QED) is 0.697. The van der Waals surface area contributed by atoms with Crippen molar-refractivity contribution in [1.82, 2.24) is 10.2 Å². The zero-order valence-corrected chi connectivity index (χ0v) is 9.45. The van der Waals surface area contributed by atoms with Crippen LogP contribution in [-0.4, -0.2) is 36.3 Å². The monoisotopic (exact) mass is 222 g/mol. The third-order valence-corrected chi connectivity index (χ3v) is 4.22. The van der Waals surface area contributed by atoms with Gasteiger partial charge in [-0.05, 0) is 31.1 Å². The summed E-state index contributed by atoms with van der Waals surface area (Å²) in [6.07, 6.45) is 4.01. The topological polar surface area (TPSA) is 49.4 Å². The van der Waals surface area contributed by atoms with Crippen LogP contribution in [0.1, 0.15) is 25.7 Å². The molecular formula is C12H18N2O2. The van der Waals surface area contributed by atoms with Crippen LogP contribution in [0.3, 0.4) is 0 Å². The van der Waals surface area contributed by atoms with E-state index in [1.165, 1.54) is 6.42 Å². The standard InChI is InChI=1S/C12H18N2O2/c15-11-1-3-14(4-2-13-11)12(16)10-6-8-5-9(8)7-10/h8-10H,1-7H2,(H,13,15). The summed E-state index contributed by atoms with van der Waals surface area (Å²) in [6, 6.07) is 0. The van der Waals surface area contributed by atoms with Crippen LogP contribution in [0, 0.1) is 17.8 Å². The number of rotatable bonds is 1. The third kappa shape index (κ3) is 1.81. The zero-order valence-electron chi connectivity index (χ0n) is 9.45. The number of carbonyl (C=O) groups is 2. The highest BCUT2D eigenvalue weighted by Crippen LogP contribution is 2.54. The van der Waals surface area contributed by atoms with Crippen LogP contribution in [0.25, 0.3) is 0 Å². The Morgan fingerprint density at radius 2 is 1.94 bits per heavy atom. The summed E-state index contributed by atoms with van der Waals surface area (Å²) in [4.78, 5) is 25.3. The molecule has 4 nitrogen and oxygen atoms in total. The van der Waals surface area contributed by atoms with E-state index in [1.807, 2.05) is 4.90 Å². The van der Waals surface area contributed by atoms with Crippen molar-refractivity contribution in [3.05, 3.63) is 0 Å². The van der Waals surface area contributed by atoms with Gasteiger partial charge in [-0.25, -0.2) is 0 Å². The zero-order chi connectivity index (χ0) is 11.1. The normalized spacial score (nSPS) is 37.6. The highest BCUT2D eigenvalue weighted by molar-refractivity contribution is 5.82. The molecule has 1 aliphatic heterocycles. The second-order valence-corrected chi connectivity index (χ2v) is 5.35. The minimum atomic E-state index is 0.0737. The predicted octanol–water partition coefficient (Wildman–Crippen LogP) is 0.381. The van der Waals surface area contributed by atoms with Gasteiger partial charge in [-0.15, -0.1) is 0 Å². The van der Waals surface area contributed by atoms with Gasteiger partial charge in [0, 0.05) is 32.0 Å². The first-order chi connectivity index (χ1) is 7.74.